The zero-order valence-corrected chi connectivity index (χ0v) is 17.1. The van der Waals surface area contributed by atoms with Crippen molar-refractivity contribution >= 4 is 0 Å². The second-order valence-corrected chi connectivity index (χ2v) is 7.76. The first kappa shape index (κ1) is 21.7. The quantitative estimate of drug-likeness (QED) is 0.439. The van der Waals surface area contributed by atoms with Crippen LogP contribution in [0.5, 0.6) is 5.75 Å². The summed E-state index contributed by atoms with van der Waals surface area (Å²) in [6.45, 7) is 2.77. The van der Waals surface area contributed by atoms with Crippen LogP contribution in [0.3, 0.4) is 0 Å². The van der Waals surface area contributed by atoms with Gasteiger partial charge in [-0.25, -0.2) is 8.78 Å². The minimum absolute atomic E-state index is 0.0401. The second kappa shape index (κ2) is 10.1. The van der Waals surface area contributed by atoms with Crippen LogP contribution in [0.25, 0.3) is 11.1 Å². The molecule has 1 saturated heterocycles. The van der Waals surface area contributed by atoms with Gasteiger partial charge in [0.1, 0.15) is 5.82 Å². The minimum atomic E-state index is -1.11. The number of hydrogen-bond acceptors (Lipinski definition) is 2. The Morgan fingerprint density at radius 3 is 2.41 bits per heavy atom. The van der Waals surface area contributed by atoms with Gasteiger partial charge in [0.2, 0.25) is 5.82 Å². The molecule has 29 heavy (non-hydrogen) atoms. The summed E-state index contributed by atoms with van der Waals surface area (Å²) in [6, 6.07) is 7.37. The highest BCUT2D eigenvalue weighted by molar-refractivity contribution is 5.66. The highest BCUT2D eigenvalue weighted by Crippen LogP contribution is 2.35. The van der Waals surface area contributed by atoms with Gasteiger partial charge in [-0.3, -0.25) is 0 Å². The highest BCUT2D eigenvalue weighted by atomic mass is 19.2. The molecule has 2 aromatic rings. The molecule has 0 saturated carbocycles. The van der Waals surface area contributed by atoms with E-state index in [1.54, 1.807) is 6.07 Å². The predicted octanol–water partition coefficient (Wildman–Crippen LogP) is 7.01. The van der Waals surface area contributed by atoms with Gasteiger partial charge in [0.25, 0.3) is 0 Å². The van der Waals surface area contributed by atoms with Crippen LogP contribution in [0.15, 0.2) is 30.3 Å². The first-order chi connectivity index (χ1) is 14.0. The predicted molar refractivity (Wildman–Crippen MR) is 109 cm³/mol. The molecule has 0 bridgehead atoms. The maximum atomic E-state index is 14.7. The topological polar surface area (TPSA) is 18.5 Å². The summed E-state index contributed by atoms with van der Waals surface area (Å²) in [5, 5.41) is 0. The molecule has 5 heteroatoms. The lowest BCUT2D eigenvalue weighted by molar-refractivity contribution is -0.00216. The van der Waals surface area contributed by atoms with Crippen LogP contribution >= 0.6 is 0 Å². The van der Waals surface area contributed by atoms with Gasteiger partial charge in [0, 0.05) is 17.0 Å². The van der Waals surface area contributed by atoms with Crippen molar-refractivity contribution in [2.24, 2.45) is 0 Å². The Morgan fingerprint density at radius 1 is 0.966 bits per heavy atom. The Bertz CT molecular complexity index is 814. The smallest absolute Gasteiger partial charge is 0.201 e. The molecule has 0 spiro atoms. The molecule has 1 aliphatic rings. The lowest BCUT2D eigenvalue weighted by Crippen LogP contribution is -2.24. The molecule has 3 rings (SSSR count). The molecule has 0 amide bonds. The van der Waals surface area contributed by atoms with Crippen molar-refractivity contribution in [3.8, 4) is 16.9 Å². The molecular formula is C24H29F3O2. The first-order valence-corrected chi connectivity index (χ1v) is 10.5. The number of hydrogen-bond donors (Lipinski definition) is 0. The normalized spacial score (nSPS) is 19.3. The van der Waals surface area contributed by atoms with Crippen LogP contribution in [-0.4, -0.2) is 19.8 Å². The number of benzene rings is 2. The molecule has 0 radical (unpaired) electrons. The Kier molecular flexibility index (Phi) is 7.59. The average Bonchev–Trinajstić information content (AvgIpc) is 2.74. The molecule has 1 fully saturated rings. The SMILES string of the molecule is CCCCCCC1CCC(c2ccc(-c3ccc(OC)c(F)c3F)c(F)c2)CO1. The zero-order valence-electron chi connectivity index (χ0n) is 17.1. The van der Waals surface area contributed by atoms with Gasteiger partial charge in [-0.05, 0) is 43.0 Å². The summed E-state index contributed by atoms with van der Waals surface area (Å²) in [4.78, 5) is 0. The van der Waals surface area contributed by atoms with Gasteiger partial charge in [-0.1, -0.05) is 44.7 Å². The van der Waals surface area contributed by atoms with Crippen molar-refractivity contribution < 1.29 is 22.6 Å². The van der Waals surface area contributed by atoms with Gasteiger partial charge < -0.3 is 9.47 Å². The Hall–Kier alpha value is -2.01. The maximum Gasteiger partial charge on any atom is 0.201 e. The summed E-state index contributed by atoms with van der Waals surface area (Å²) in [5.74, 6) is -2.86. The van der Waals surface area contributed by atoms with E-state index in [-0.39, 0.29) is 22.8 Å². The number of unbranched alkanes of at least 4 members (excludes halogenated alkanes) is 3. The fraction of sp³-hybridized carbons (Fsp3) is 0.500. The summed E-state index contributed by atoms with van der Waals surface area (Å²) in [5.41, 5.74) is 0.766. The second-order valence-electron chi connectivity index (χ2n) is 7.76. The van der Waals surface area contributed by atoms with E-state index < -0.39 is 17.5 Å². The van der Waals surface area contributed by atoms with Crippen LogP contribution in [0.2, 0.25) is 0 Å². The molecule has 0 aromatic heterocycles. The highest BCUT2D eigenvalue weighted by Gasteiger charge is 2.24. The molecule has 1 aliphatic heterocycles. The number of rotatable bonds is 8. The van der Waals surface area contributed by atoms with Crippen LogP contribution in [0, 0.1) is 17.5 Å². The Morgan fingerprint density at radius 2 is 1.76 bits per heavy atom. The lowest BCUT2D eigenvalue weighted by Gasteiger charge is -2.29. The lowest BCUT2D eigenvalue weighted by atomic mass is 9.89. The number of halogens is 3. The third kappa shape index (κ3) is 5.13. The van der Waals surface area contributed by atoms with E-state index >= 15 is 0 Å². The largest absolute Gasteiger partial charge is 0.494 e. The Balaban J connectivity index is 1.66. The van der Waals surface area contributed by atoms with Crippen molar-refractivity contribution in [1.82, 2.24) is 0 Å². The third-order valence-electron chi connectivity index (χ3n) is 5.77. The van der Waals surface area contributed by atoms with Crippen LogP contribution in [0.4, 0.5) is 13.2 Å². The standard InChI is InChI=1S/C24H29F3O2/c1-3-4-5-6-7-18-10-8-17(15-29-18)16-9-11-19(21(25)14-16)20-12-13-22(28-2)24(27)23(20)26/h9,11-14,17-18H,3-8,10,15H2,1-2H3. The van der Waals surface area contributed by atoms with E-state index in [1.807, 2.05) is 0 Å². The molecule has 2 aromatic carbocycles. The van der Waals surface area contributed by atoms with Crippen LogP contribution in [-0.2, 0) is 4.74 Å². The maximum absolute atomic E-state index is 14.7. The molecule has 2 nitrogen and oxygen atoms in total. The van der Waals surface area contributed by atoms with Crippen molar-refractivity contribution in [3.05, 3.63) is 53.3 Å². The zero-order chi connectivity index (χ0) is 20.8. The van der Waals surface area contributed by atoms with Crippen molar-refractivity contribution in [2.45, 2.75) is 63.9 Å². The van der Waals surface area contributed by atoms with Gasteiger partial charge in [-0.2, -0.15) is 4.39 Å². The summed E-state index contributed by atoms with van der Waals surface area (Å²) < 4.78 is 53.8. The summed E-state index contributed by atoms with van der Waals surface area (Å²) in [7, 11) is 1.26. The van der Waals surface area contributed by atoms with Gasteiger partial charge in [-0.15, -0.1) is 0 Å². The number of methoxy groups -OCH3 is 1. The van der Waals surface area contributed by atoms with Gasteiger partial charge in [0.05, 0.1) is 19.8 Å². The van der Waals surface area contributed by atoms with E-state index in [4.69, 9.17) is 9.47 Å². The van der Waals surface area contributed by atoms with Crippen molar-refractivity contribution in [1.29, 1.82) is 0 Å². The van der Waals surface area contributed by atoms with Crippen LogP contribution in [0.1, 0.15) is 63.4 Å². The van der Waals surface area contributed by atoms with Gasteiger partial charge >= 0.3 is 0 Å². The van der Waals surface area contributed by atoms with Crippen LogP contribution < -0.4 is 4.74 Å². The minimum Gasteiger partial charge on any atom is -0.494 e. The van der Waals surface area contributed by atoms with Gasteiger partial charge in [0.15, 0.2) is 11.6 Å². The third-order valence-corrected chi connectivity index (χ3v) is 5.77. The van der Waals surface area contributed by atoms with Crippen molar-refractivity contribution in [3.63, 3.8) is 0 Å². The molecule has 2 unspecified atom stereocenters. The van der Waals surface area contributed by atoms with Crippen molar-refractivity contribution in [2.75, 3.05) is 13.7 Å². The molecule has 1 heterocycles. The first-order valence-electron chi connectivity index (χ1n) is 10.5. The van der Waals surface area contributed by atoms with E-state index in [2.05, 4.69) is 6.92 Å². The molecule has 158 valence electrons. The van der Waals surface area contributed by atoms with E-state index in [1.165, 1.54) is 57.1 Å². The Labute approximate surface area is 171 Å². The monoisotopic (exact) mass is 406 g/mol. The molecule has 0 N–H and O–H groups in total. The average molecular weight is 406 g/mol. The van der Waals surface area contributed by atoms with E-state index in [0.717, 1.165) is 24.8 Å². The fourth-order valence-corrected chi connectivity index (χ4v) is 4.00. The number of ether oxygens (including phenoxy) is 2. The summed E-state index contributed by atoms with van der Waals surface area (Å²) in [6.07, 6.45) is 8.22. The molecule has 0 aliphatic carbocycles. The molecular weight excluding hydrogens is 377 g/mol. The molecule has 2 atom stereocenters. The van der Waals surface area contributed by atoms with E-state index in [0.29, 0.717) is 12.7 Å². The fourth-order valence-electron chi connectivity index (χ4n) is 4.00. The summed E-state index contributed by atoms with van der Waals surface area (Å²) >= 11 is 0. The van der Waals surface area contributed by atoms with E-state index in [9.17, 15) is 13.2 Å².